The fraction of sp³-hybridized carbons (Fsp3) is 0.0526. The van der Waals surface area contributed by atoms with Crippen LogP contribution in [0.1, 0.15) is 0 Å². The Bertz CT molecular complexity index is 1450. The van der Waals surface area contributed by atoms with Crippen molar-refractivity contribution in [3.8, 4) is 11.3 Å². The van der Waals surface area contributed by atoms with Gasteiger partial charge in [0, 0.05) is 29.0 Å². The first-order valence-electron chi connectivity index (χ1n) is 8.13. The van der Waals surface area contributed by atoms with E-state index in [2.05, 4.69) is 0 Å². The highest BCUT2D eigenvalue weighted by molar-refractivity contribution is 7.86. The summed E-state index contributed by atoms with van der Waals surface area (Å²) in [6, 6.07) is 16.6. The van der Waals surface area contributed by atoms with E-state index in [1.807, 2.05) is 48.0 Å². The van der Waals surface area contributed by atoms with Gasteiger partial charge in [-0.05, 0) is 41.3 Å². The molecule has 144 valence electrons. The maximum atomic E-state index is 11.8. The van der Waals surface area contributed by atoms with Gasteiger partial charge in [0.25, 0.3) is 20.2 Å². The van der Waals surface area contributed by atoms with Crippen LogP contribution in [0.15, 0.2) is 70.5 Å². The van der Waals surface area contributed by atoms with E-state index in [4.69, 9.17) is 0 Å². The summed E-state index contributed by atoms with van der Waals surface area (Å²) in [5.74, 6) is 0. The molecule has 1 heterocycles. The number of hydrogen-bond acceptors (Lipinski definition) is 4. The molecule has 0 atom stereocenters. The molecular formula is C19H15NO6S2. The Kier molecular flexibility index (Phi) is 4.09. The highest BCUT2D eigenvalue weighted by atomic mass is 32.2. The van der Waals surface area contributed by atoms with E-state index < -0.39 is 30.0 Å². The summed E-state index contributed by atoms with van der Waals surface area (Å²) in [7, 11) is -7.55. The molecule has 1 aromatic heterocycles. The van der Waals surface area contributed by atoms with Crippen molar-refractivity contribution in [2.75, 3.05) is 0 Å². The second-order valence-electron chi connectivity index (χ2n) is 6.46. The van der Waals surface area contributed by atoms with Crippen LogP contribution in [-0.4, -0.2) is 30.5 Å². The Morgan fingerprint density at radius 1 is 0.786 bits per heavy atom. The van der Waals surface area contributed by atoms with Gasteiger partial charge < -0.3 is 4.57 Å². The van der Waals surface area contributed by atoms with Crippen molar-refractivity contribution in [3.63, 3.8) is 0 Å². The SMILES string of the molecule is Cn1c(-c2ccccc2)cc2cc3cc(S(=O)(=O)O)cc(S(=O)(=O)O)c3cc21. The van der Waals surface area contributed by atoms with Gasteiger partial charge in [-0.15, -0.1) is 0 Å². The highest BCUT2D eigenvalue weighted by Gasteiger charge is 2.21. The molecule has 0 radical (unpaired) electrons. The fourth-order valence-corrected chi connectivity index (χ4v) is 4.73. The van der Waals surface area contributed by atoms with Crippen molar-refractivity contribution in [3.05, 3.63) is 60.7 Å². The van der Waals surface area contributed by atoms with Crippen LogP contribution in [0.3, 0.4) is 0 Å². The maximum Gasteiger partial charge on any atom is 0.295 e. The zero-order chi connectivity index (χ0) is 20.3. The van der Waals surface area contributed by atoms with Crippen LogP contribution in [0.2, 0.25) is 0 Å². The molecule has 0 saturated heterocycles. The van der Waals surface area contributed by atoms with E-state index in [1.165, 1.54) is 6.07 Å². The smallest absolute Gasteiger partial charge is 0.295 e. The minimum atomic E-state index is -4.72. The van der Waals surface area contributed by atoms with Crippen LogP contribution < -0.4 is 0 Å². The van der Waals surface area contributed by atoms with Gasteiger partial charge in [0.15, 0.2) is 0 Å². The van der Waals surface area contributed by atoms with Crippen LogP contribution in [0, 0.1) is 0 Å². The van der Waals surface area contributed by atoms with Crippen LogP contribution in [0.5, 0.6) is 0 Å². The number of hydrogen-bond donors (Lipinski definition) is 2. The summed E-state index contributed by atoms with van der Waals surface area (Å²) in [4.78, 5) is -1.19. The Morgan fingerprint density at radius 2 is 1.46 bits per heavy atom. The Morgan fingerprint density at radius 3 is 2.07 bits per heavy atom. The van der Waals surface area contributed by atoms with Crippen LogP contribution in [0.4, 0.5) is 0 Å². The minimum Gasteiger partial charge on any atom is -0.344 e. The van der Waals surface area contributed by atoms with Gasteiger partial charge in [-0.2, -0.15) is 16.8 Å². The molecule has 0 fully saturated rings. The molecule has 0 aliphatic heterocycles. The van der Waals surface area contributed by atoms with E-state index >= 15 is 0 Å². The van der Waals surface area contributed by atoms with E-state index in [-0.39, 0.29) is 10.8 Å². The van der Waals surface area contributed by atoms with E-state index in [9.17, 15) is 25.9 Å². The molecule has 9 heteroatoms. The summed E-state index contributed by atoms with van der Waals surface area (Å²) < 4.78 is 67.6. The lowest BCUT2D eigenvalue weighted by atomic mass is 10.1. The van der Waals surface area contributed by atoms with Crippen molar-refractivity contribution in [1.29, 1.82) is 0 Å². The summed E-state index contributed by atoms with van der Waals surface area (Å²) >= 11 is 0. The molecule has 0 aliphatic carbocycles. The Balaban J connectivity index is 2.12. The third kappa shape index (κ3) is 3.08. The topological polar surface area (TPSA) is 114 Å². The summed E-state index contributed by atoms with van der Waals surface area (Å²) in [5, 5.41) is 1.17. The molecule has 0 amide bonds. The van der Waals surface area contributed by atoms with Crippen molar-refractivity contribution >= 4 is 41.9 Å². The second-order valence-corrected chi connectivity index (χ2v) is 9.27. The van der Waals surface area contributed by atoms with Crippen LogP contribution in [-0.2, 0) is 27.3 Å². The van der Waals surface area contributed by atoms with Crippen molar-refractivity contribution in [1.82, 2.24) is 4.57 Å². The molecule has 7 nitrogen and oxygen atoms in total. The molecule has 2 N–H and O–H groups in total. The zero-order valence-electron chi connectivity index (χ0n) is 14.6. The van der Waals surface area contributed by atoms with Crippen molar-refractivity contribution < 1.29 is 25.9 Å². The van der Waals surface area contributed by atoms with Gasteiger partial charge in [0.1, 0.15) is 4.90 Å². The number of rotatable bonds is 3. The predicted octanol–water partition coefficient (Wildman–Crippen LogP) is 3.49. The molecule has 4 aromatic rings. The number of benzene rings is 3. The highest BCUT2D eigenvalue weighted by Crippen LogP contribution is 2.34. The first-order valence-corrected chi connectivity index (χ1v) is 11.0. The third-order valence-electron chi connectivity index (χ3n) is 4.70. The third-order valence-corrected chi connectivity index (χ3v) is 6.42. The fourth-order valence-electron chi connectivity index (χ4n) is 3.39. The number of fused-ring (bicyclic) bond motifs is 2. The van der Waals surface area contributed by atoms with Gasteiger partial charge in [-0.3, -0.25) is 9.11 Å². The molecule has 0 unspecified atom stereocenters. The second kappa shape index (κ2) is 6.14. The first-order chi connectivity index (χ1) is 13.1. The largest absolute Gasteiger partial charge is 0.344 e. The van der Waals surface area contributed by atoms with E-state index in [1.54, 1.807) is 12.1 Å². The lowest BCUT2D eigenvalue weighted by Gasteiger charge is -2.09. The average molecular weight is 417 g/mol. The van der Waals surface area contributed by atoms with Gasteiger partial charge in [-0.1, -0.05) is 30.3 Å². The van der Waals surface area contributed by atoms with Gasteiger partial charge in [-0.25, -0.2) is 0 Å². The number of aromatic nitrogens is 1. The summed E-state index contributed by atoms with van der Waals surface area (Å²) in [6.07, 6.45) is 0. The number of aryl methyl sites for hydroxylation is 1. The van der Waals surface area contributed by atoms with Crippen molar-refractivity contribution in [2.45, 2.75) is 9.79 Å². The van der Waals surface area contributed by atoms with E-state index in [0.717, 1.165) is 22.7 Å². The van der Waals surface area contributed by atoms with Crippen LogP contribution in [0.25, 0.3) is 32.9 Å². The molecule has 0 saturated carbocycles. The molecular weight excluding hydrogens is 402 g/mol. The molecule has 3 aromatic carbocycles. The van der Waals surface area contributed by atoms with Crippen molar-refractivity contribution in [2.24, 2.45) is 7.05 Å². The predicted molar refractivity (Wildman–Crippen MR) is 105 cm³/mol. The number of nitrogens with zero attached hydrogens (tertiary/aromatic N) is 1. The Labute approximate surface area is 161 Å². The molecule has 0 spiro atoms. The standard InChI is InChI=1S/C19H15NO6S2/c1-20-17(12-5-3-2-4-6-12)9-14-7-13-8-15(27(21,22)23)10-19(28(24,25)26)16(13)11-18(14)20/h2-11H,1H3,(H,21,22,23)(H,24,25,26). The monoisotopic (exact) mass is 417 g/mol. The maximum absolute atomic E-state index is 11.8. The average Bonchev–Trinajstić information content (AvgIpc) is 2.94. The van der Waals surface area contributed by atoms with Crippen LogP contribution >= 0.6 is 0 Å². The normalized spacial score (nSPS) is 12.7. The lowest BCUT2D eigenvalue weighted by molar-refractivity contribution is 0.482. The minimum absolute atomic E-state index is 0.156. The van der Waals surface area contributed by atoms with Gasteiger partial charge in [0.2, 0.25) is 0 Å². The summed E-state index contributed by atoms with van der Waals surface area (Å²) in [5.41, 5.74) is 2.55. The van der Waals surface area contributed by atoms with E-state index in [0.29, 0.717) is 5.52 Å². The zero-order valence-corrected chi connectivity index (χ0v) is 16.2. The molecule has 4 rings (SSSR count). The molecule has 0 aliphatic rings. The molecule has 28 heavy (non-hydrogen) atoms. The lowest BCUT2D eigenvalue weighted by Crippen LogP contribution is -2.04. The van der Waals surface area contributed by atoms with Gasteiger partial charge in [0.05, 0.1) is 4.90 Å². The van der Waals surface area contributed by atoms with Gasteiger partial charge >= 0.3 is 0 Å². The quantitative estimate of drug-likeness (QED) is 0.493. The summed E-state index contributed by atoms with van der Waals surface area (Å²) in [6.45, 7) is 0. The first kappa shape index (κ1) is 18.6. The molecule has 0 bridgehead atoms. The Hall–Kier alpha value is -2.72.